The molecule has 2 aliphatic rings. The molecule has 2 heterocycles. The van der Waals surface area contributed by atoms with Gasteiger partial charge in [-0.15, -0.1) is 0 Å². The van der Waals surface area contributed by atoms with Crippen molar-refractivity contribution in [3.05, 3.63) is 361 Å². The van der Waals surface area contributed by atoms with Gasteiger partial charge in [-0.05, 0) is 106 Å². The Balaban J connectivity index is 1.13. The molecule has 0 aliphatic carbocycles. The first-order chi connectivity index (χ1) is 42.0. The first-order valence-corrected chi connectivity index (χ1v) is 29.9. The second kappa shape index (κ2) is 21.9. The second-order valence-electron chi connectivity index (χ2n) is 23.1. The number of rotatable bonds is 11. The summed E-state index contributed by atoms with van der Waals surface area (Å²) in [5.74, 6) is 0. The zero-order valence-electron chi connectivity index (χ0n) is 47.9. The van der Waals surface area contributed by atoms with Gasteiger partial charge in [-0.25, -0.2) is 0 Å². The molecule has 0 saturated carbocycles. The molecule has 0 radical (unpaired) electrons. The van der Waals surface area contributed by atoms with Crippen molar-refractivity contribution < 1.29 is 0 Å². The lowest BCUT2D eigenvalue weighted by Crippen LogP contribution is -2.65. The molecule has 398 valence electrons. The first-order valence-electron chi connectivity index (χ1n) is 29.9. The zero-order chi connectivity index (χ0) is 56.8. The fourth-order valence-electron chi connectivity index (χ4n) is 14.6. The van der Waals surface area contributed by atoms with E-state index in [4.69, 9.17) is 0 Å². The minimum atomic E-state index is -0.902. The number of nitrogens with zero attached hydrogens (tertiary/aromatic N) is 1. The monoisotopic (exact) mass is 1080 g/mol. The van der Waals surface area contributed by atoms with Gasteiger partial charge in [-0.2, -0.15) is 0 Å². The summed E-state index contributed by atoms with van der Waals surface area (Å²) in [6, 6.07) is 123. The van der Waals surface area contributed by atoms with Gasteiger partial charge in [0.25, 0.3) is 0 Å². The van der Waals surface area contributed by atoms with E-state index < -0.39 is 5.41 Å². The van der Waals surface area contributed by atoms with Crippen molar-refractivity contribution in [2.75, 3.05) is 4.90 Å². The van der Waals surface area contributed by atoms with Crippen LogP contribution in [0.25, 0.3) is 33.4 Å². The maximum Gasteiger partial charge on any atom is 0.242 e. The average molecular weight is 1080 g/mol. The quantitative estimate of drug-likeness (QED) is 0.117. The van der Waals surface area contributed by atoms with Crippen molar-refractivity contribution in [2.24, 2.45) is 0 Å². The van der Waals surface area contributed by atoms with Crippen LogP contribution >= 0.6 is 0 Å². The van der Waals surface area contributed by atoms with Crippen LogP contribution < -0.4 is 54.1 Å². The number of benzene rings is 13. The molecule has 0 amide bonds. The van der Waals surface area contributed by atoms with Gasteiger partial charge >= 0.3 is 0 Å². The van der Waals surface area contributed by atoms with Gasteiger partial charge in [0.15, 0.2) is 0 Å². The van der Waals surface area contributed by atoms with E-state index >= 15 is 0 Å². The minimum Gasteiger partial charge on any atom is -0.310 e. The lowest BCUT2D eigenvalue weighted by molar-refractivity contribution is 0.738. The number of anilines is 3. The third-order valence-electron chi connectivity index (χ3n) is 18.3. The smallest absolute Gasteiger partial charge is 0.242 e. The molecule has 2 aliphatic heterocycles. The Bertz CT molecular complexity index is 4210. The summed E-state index contributed by atoms with van der Waals surface area (Å²) in [5, 5.41) is 0. The molecular weight excluding hydrogens is 1020 g/mol. The molecule has 85 heavy (non-hydrogen) atoms. The highest BCUT2D eigenvalue weighted by molar-refractivity contribution is 6.99. The van der Waals surface area contributed by atoms with Crippen LogP contribution in [0.2, 0.25) is 0 Å². The molecule has 0 saturated heterocycles. The van der Waals surface area contributed by atoms with E-state index in [1.165, 1.54) is 116 Å². The van der Waals surface area contributed by atoms with Gasteiger partial charge in [-0.3, -0.25) is 0 Å². The molecule has 1 spiro atoms. The van der Waals surface area contributed by atoms with Crippen molar-refractivity contribution in [3.63, 3.8) is 0 Å². The molecule has 4 heteroatoms. The van der Waals surface area contributed by atoms with Crippen LogP contribution in [0.5, 0.6) is 0 Å². The zero-order valence-corrected chi connectivity index (χ0v) is 47.9. The molecule has 0 aromatic heterocycles. The number of hydrogen-bond acceptors (Lipinski definition) is 1. The van der Waals surface area contributed by atoms with E-state index in [9.17, 15) is 0 Å². The Hall–Kier alpha value is -10.1. The third-order valence-corrected chi connectivity index (χ3v) is 18.3. The molecule has 0 fully saturated rings. The highest BCUT2D eigenvalue weighted by atomic mass is 15.2. The fraction of sp³-hybridized carbons (Fsp3) is 0.0370. The molecule has 13 aromatic rings. The van der Waals surface area contributed by atoms with Gasteiger partial charge < -0.3 is 4.90 Å². The van der Waals surface area contributed by atoms with Crippen molar-refractivity contribution in [2.45, 2.75) is 19.3 Å². The predicted molar refractivity (Wildman–Crippen MR) is 365 cm³/mol. The summed E-state index contributed by atoms with van der Waals surface area (Å²) in [6.45, 7) is 4.45. The summed E-state index contributed by atoms with van der Waals surface area (Å²) in [7, 11) is 0. The summed E-state index contributed by atoms with van der Waals surface area (Å²) in [5.41, 5.74) is 28.8. The Labute approximate surface area is 501 Å². The fourth-order valence-corrected chi connectivity index (χ4v) is 14.6. The first kappa shape index (κ1) is 51.7. The van der Waals surface area contributed by atoms with Gasteiger partial charge in [-0.1, -0.05) is 351 Å². The van der Waals surface area contributed by atoms with E-state index in [0.717, 1.165) is 17.1 Å². The van der Waals surface area contributed by atoms with Crippen LogP contribution in [0.1, 0.15) is 33.4 Å². The summed E-state index contributed by atoms with van der Waals surface area (Å²) in [6.07, 6.45) is 0. The predicted octanol–water partition coefficient (Wildman–Crippen LogP) is 13.3. The maximum absolute atomic E-state index is 2.66. The van der Waals surface area contributed by atoms with Crippen molar-refractivity contribution in [1.29, 1.82) is 0 Å². The topological polar surface area (TPSA) is 3.24 Å². The maximum atomic E-state index is 2.66. The lowest BCUT2D eigenvalue weighted by atomic mass is 9.28. The van der Waals surface area contributed by atoms with Crippen LogP contribution in [0, 0.1) is 13.8 Å². The van der Waals surface area contributed by atoms with Crippen LogP contribution in [0.4, 0.5) is 17.1 Å². The van der Waals surface area contributed by atoms with Gasteiger partial charge in [0.2, 0.25) is 20.1 Å². The third kappa shape index (κ3) is 9.00. The molecule has 15 rings (SSSR count). The lowest BCUT2D eigenvalue weighted by Gasteiger charge is -2.51. The molecule has 0 unspecified atom stereocenters. The molecular formula is C81H60B3N. The van der Waals surface area contributed by atoms with Crippen LogP contribution in [-0.2, 0) is 5.41 Å². The average Bonchev–Trinajstić information content (AvgIpc) is 0.694. The van der Waals surface area contributed by atoms with Crippen LogP contribution in [-0.4, -0.2) is 20.1 Å². The summed E-state index contributed by atoms with van der Waals surface area (Å²) in [4.78, 5) is 2.56. The van der Waals surface area contributed by atoms with E-state index in [1.54, 1.807) is 0 Å². The Morgan fingerprint density at radius 3 is 0.976 bits per heavy atom. The standard InChI is InChI=1S/C81H60B3N/c1-57-25-24-26-58(2)80(57)84-76-49-45-69(82(65-33-16-6-17-34-65)66-35-18-7-19-36-66)55-72(76)81(73-56-70(46-50-77(73)84)83(67-37-20-8-21-38-67)68-39-22-9-23-40-68)74-53-63(60-29-12-4-13-30-60)43-51-78(74)85(71-47-41-62(42-48-71)59-27-10-3-11-28-59)79-52-44-64(54-75(79)81)61-31-14-5-15-32-61/h3-56H,1-2H3. The van der Waals surface area contributed by atoms with E-state index in [2.05, 4.69) is 346 Å². The van der Waals surface area contributed by atoms with Gasteiger partial charge in [0.1, 0.15) is 0 Å². The van der Waals surface area contributed by atoms with E-state index in [1.807, 2.05) is 0 Å². The van der Waals surface area contributed by atoms with Crippen LogP contribution in [0.15, 0.2) is 328 Å². The number of aryl methyl sites for hydroxylation is 2. The molecule has 0 bridgehead atoms. The Morgan fingerprint density at radius 1 is 0.271 bits per heavy atom. The van der Waals surface area contributed by atoms with Crippen molar-refractivity contribution >= 4 is 86.4 Å². The molecule has 13 aromatic carbocycles. The molecule has 0 atom stereocenters. The molecule has 0 N–H and O–H groups in total. The summed E-state index contributed by atoms with van der Waals surface area (Å²) < 4.78 is 0. The normalized spacial score (nSPS) is 12.6. The second-order valence-corrected chi connectivity index (χ2v) is 23.1. The Morgan fingerprint density at radius 2 is 0.600 bits per heavy atom. The van der Waals surface area contributed by atoms with Crippen molar-refractivity contribution in [1.82, 2.24) is 0 Å². The molecule has 1 nitrogen and oxygen atoms in total. The highest BCUT2D eigenvalue weighted by Gasteiger charge is 2.54. The number of fused-ring (bicyclic) bond motifs is 8. The largest absolute Gasteiger partial charge is 0.310 e. The SMILES string of the molecule is Cc1cccc(C)c1B1c2ccc(B(c3ccccc3)c3ccccc3)cc2C2(c3cc(B(c4ccccc4)c4ccccc4)ccc31)c1cc(-c3ccccc3)ccc1N(c1ccc(-c3ccccc3)cc1)c1ccc(-c3ccccc3)cc12. The van der Waals surface area contributed by atoms with Crippen LogP contribution in [0.3, 0.4) is 0 Å². The van der Waals surface area contributed by atoms with Crippen molar-refractivity contribution in [3.8, 4) is 33.4 Å². The van der Waals surface area contributed by atoms with E-state index in [-0.39, 0.29) is 20.1 Å². The minimum absolute atomic E-state index is 0.0508. The number of hydrogen-bond donors (Lipinski definition) is 0. The van der Waals surface area contributed by atoms with Gasteiger partial charge in [0, 0.05) is 5.69 Å². The highest BCUT2D eigenvalue weighted by Crippen LogP contribution is 2.59. The summed E-state index contributed by atoms with van der Waals surface area (Å²) >= 11 is 0. The Kier molecular flexibility index (Phi) is 13.3. The van der Waals surface area contributed by atoms with E-state index in [0.29, 0.717) is 0 Å². The van der Waals surface area contributed by atoms with Gasteiger partial charge in [0.05, 0.1) is 16.8 Å².